The average molecular weight is 191 g/mol. The summed E-state index contributed by atoms with van der Waals surface area (Å²) < 4.78 is 25.7. The summed E-state index contributed by atoms with van der Waals surface area (Å²) in [5.41, 5.74) is 1.20. The standard InChI is InChI=1S/C11H7F2N/c12-10-4-9(5-11(13)6-10)8-2-1-3-14-7-8/h1-7H. The molecule has 0 fully saturated rings. The van der Waals surface area contributed by atoms with Gasteiger partial charge in [-0.1, -0.05) is 6.07 Å². The van der Waals surface area contributed by atoms with E-state index < -0.39 is 11.6 Å². The maximum absolute atomic E-state index is 12.9. The third-order valence-electron chi connectivity index (χ3n) is 1.86. The average Bonchev–Trinajstić information content (AvgIpc) is 2.18. The number of pyridine rings is 1. The fourth-order valence-electron chi connectivity index (χ4n) is 1.25. The molecule has 3 heteroatoms. The van der Waals surface area contributed by atoms with E-state index in [2.05, 4.69) is 4.98 Å². The molecule has 1 heterocycles. The molecule has 0 saturated carbocycles. The van der Waals surface area contributed by atoms with E-state index in [0.29, 0.717) is 11.1 Å². The van der Waals surface area contributed by atoms with Crippen LogP contribution >= 0.6 is 0 Å². The first-order valence-electron chi connectivity index (χ1n) is 4.12. The summed E-state index contributed by atoms with van der Waals surface area (Å²) >= 11 is 0. The van der Waals surface area contributed by atoms with Gasteiger partial charge >= 0.3 is 0 Å². The summed E-state index contributed by atoms with van der Waals surface area (Å²) in [4.78, 5) is 3.88. The number of nitrogens with zero attached hydrogens (tertiary/aromatic N) is 1. The van der Waals surface area contributed by atoms with Crippen molar-refractivity contribution < 1.29 is 8.78 Å². The van der Waals surface area contributed by atoms with Crippen LogP contribution in [-0.4, -0.2) is 4.98 Å². The summed E-state index contributed by atoms with van der Waals surface area (Å²) in [7, 11) is 0. The van der Waals surface area contributed by atoms with Crippen LogP contribution in [0.4, 0.5) is 8.78 Å². The van der Waals surface area contributed by atoms with E-state index in [9.17, 15) is 8.78 Å². The molecule has 0 radical (unpaired) electrons. The van der Waals surface area contributed by atoms with Gasteiger partial charge in [-0.25, -0.2) is 8.78 Å². The molecule has 1 aromatic carbocycles. The summed E-state index contributed by atoms with van der Waals surface area (Å²) in [6.45, 7) is 0. The predicted molar refractivity (Wildman–Crippen MR) is 49.6 cm³/mol. The molecule has 0 bridgehead atoms. The first-order chi connectivity index (χ1) is 6.75. The van der Waals surface area contributed by atoms with Gasteiger partial charge in [0.25, 0.3) is 0 Å². The summed E-state index contributed by atoms with van der Waals surface area (Å²) in [5, 5.41) is 0. The Hall–Kier alpha value is -1.77. The zero-order valence-electron chi connectivity index (χ0n) is 7.24. The van der Waals surface area contributed by atoms with Crippen LogP contribution in [0, 0.1) is 11.6 Å². The van der Waals surface area contributed by atoms with Gasteiger partial charge in [-0.05, 0) is 23.8 Å². The fourth-order valence-corrected chi connectivity index (χ4v) is 1.25. The van der Waals surface area contributed by atoms with Crippen LogP contribution in [0.5, 0.6) is 0 Å². The molecule has 0 N–H and O–H groups in total. The smallest absolute Gasteiger partial charge is 0.126 e. The highest BCUT2D eigenvalue weighted by molar-refractivity contribution is 5.62. The Bertz CT molecular complexity index is 420. The van der Waals surface area contributed by atoms with E-state index in [1.807, 2.05) is 0 Å². The fraction of sp³-hybridized carbons (Fsp3) is 0. The summed E-state index contributed by atoms with van der Waals surface area (Å²) in [6.07, 6.45) is 3.17. The highest BCUT2D eigenvalue weighted by atomic mass is 19.1. The van der Waals surface area contributed by atoms with Gasteiger partial charge in [-0.3, -0.25) is 4.98 Å². The van der Waals surface area contributed by atoms with E-state index in [1.54, 1.807) is 24.5 Å². The number of benzene rings is 1. The largest absolute Gasteiger partial charge is 0.264 e. The summed E-state index contributed by atoms with van der Waals surface area (Å²) in [6, 6.07) is 6.87. The first-order valence-corrected chi connectivity index (χ1v) is 4.12. The molecule has 14 heavy (non-hydrogen) atoms. The van der Waals surface area contributed by atoms with Crippen molar-refractivity contribution in [2.75, 3.05) is 0 Å². The highest BCUT2D eigenvalue weighted by Crippen LogP contribution is 2.20. The van der Waals surface area contributed by atoms with Gasteiger partial charge in [0.15, 0.2) is 0 Å². The molecule has 0 unspecified atom stereocenters. The molecule has 2 aromatic rings. The minimum absolute atomic E-state index is 0.496. The van der Waals surface area contributed by atoms with Crippen molar-refractivity contribution in [2.45, 2.75) is 0 Å². The van der Waals surface area contributed by atoms with Gasteiger partial charge in [0, 0.05) is 24.0 Å². The molecule has 1 nitrogen and oxygen atoms in total. The quantitative estimate of drug-likeness (QED) is 0.675. The van der Waals surface area contributed by atoms with Crippen LogP contribution in [0.3, 0.4) is 0 Å². The lowest BCUT2D eigenvalue weighted by Crippen LogP contribution is -1.84. The van der Waals surface area contributed by atoms with Crippen molar-refractivity contribution in [2.24, 2.45) is 0 Å². The first kappa shape index (κ1) is 8.81. The van der Waals surface area contributed by atoms with Crippen LogP contribution in [0.2, 0.25) is 0 Å². The molecule has 2 rings (SSSR count). The molecule has 0 atom stereocenters. The third-order valence-corrected chi connectivity index (χ3v) is 1.86. The van der Waals surface area contributed by atoms with Crippen molar-refractivity contribution in [3.8, 4) is 11.1 Å². The van der Waals surface area contributed by atoms with Gasteiger partial charge in [0.1, 0.15) is 11.6 Å². The Balaban J connectivity index is 2.52. The molecular formula is C11H7F2N. The molecular weight excluding hydrogens is 184 g/mol. The van der Waals surface area contributed by atoms with Crippen LogP contribution in [0.1, 0.15) is 0 Å². The lowest BCUT2D eigenvalue weighted by Gasteiger charge is -2.00. The number of hydrogen-bond acceptors (Lipinski definition) is 1. The number of halogens is 2. The van der Waals surface area contributed by atoms with Crippen molar-refractivity contribution in [3.63, 3.8) is 0 Å². The van der Waals surface area contributed by atoms with Crippen molar-refractivity contribution in [1.29, 1.82) is 0 Å². The molecule has 1 aromatic heterocycles. The minimum Gasteiger partial charge on any atom is -0.264 e. The van der Waals surface area contributed by atoms with Gasteiger partial charge in [-0.15, -0.1) is 0 Å². The lowest BCUT2D eigenvalue weighted by molar-refractivity contribution is 0.584. The predicted octanol–water partition coefficient (Wildman–Crippen LogP) is 3.03. The number of rotatable bonds is 1. The number of aromatic nitrogens is 1. The Morgan fingerprint density at radius 1 is 0.929 bits per heavy atom. The maximum atomic E-state index is 12.9. The third kappa shape index (κ3) is 1.76. The van der Waals surface area contributed by atoms with Crippen LogP contribution in [0.25, 0.3) is 11.1 Å². The topological polar surface area (TPSA) is 12.9 Å². The van der Waals surface area contributed by atoms with Crippen molar-refractivity contribution in [1.82, 2.24) is 4.98 Å². The van der Waals surface area contributed by atoms with Crippen LogP contribution in [-0.2, 0) is 0 Å². The summed E-state index contributed by atoms with van der Waals surface area (Å²) in [5.74, 6) is -1.16. The van der Waals surface area contributed by atoms with Crippen LogP contribution in [0.15, 0.2) is 42.7 Å². The van der Waals surface area contributed by atoms with E-state index in [1.165, 1.54) is 12.1 Å². The van der Waals surface area contributed by atoms with Crippen molar-refractivity contribution >= 4 is 0 Å². The van der Waals surface area contributed by atoms with E-state index in [0.717, 1.165) is 6.07 Å². The second-order valence-electron chi connectivity index (χ2n) is 2.90. The minimum atomic E-state index is -0.580. The van der Waals surface area contributed by atoms with Gasteiger partial charge in [0.05, 0.1) is 0 Å². The van der Waals surface area contributed by atoms with Crippen molar-refractivity contribution in [3.05, 3.63) is 54.4 Å². The van der Waals surface area contributed by atoms with E-state index in [4.69, 9.17) is 0 Å². The van der Waals surface area contributed by atoms with Crippen LogP contribution < -0.4 is 0 Å². The maximum Gasteiger partial charge on any atom is 0.126 e. The Morgan fingerprint density at radius 3 is 2.21 bits per heavy atom. The molecule has 0 aliphatic rings. The zero-order valence-corrected chi connectivity index (χ0v) is 7.24. The molecule has 0 aliphatic heterocycles. The molecule has 0 spiro atoms. The Kier molecular flexibility index (Phi) is 2.23. The number of hydrogen-bond donors (Lipinski definition) is 0. The normalized spacial score (nSPS) is 10.1. The zero-order chi connectivity index (χ0) is 9.97. The Morgan fingerprint density at radius 2 is 1.64 bits per heavy atom. The van der Waals surface area contributed by atoms with Gasteiger partial charge in [-0.2, -0.15) is 0 Å². The highest BCUT2D eigenvalue weighted by Gasteiger charge is 2.02. The monoisotopic (exact) mass is 191 g/mol. The van der Waals surface area contributed by atoms with Gasteiger partial charge in [0.2, 0.25) is 0 Å². The Labute approximate surface area is 80.0 Å². The molecule has 70 valence electrons. The lowest BCUT2D eigenvalue weighted by atomic mass is 10.1. The molecule has 0 aliphatic carbocycles. The molecule has 0 saturated heterocycles. The van der Waals surface area contributed by atoms with E-state index in [-0.39, 0.29) is 0 Å². The van der Waals surface area contributed by atoms with Gasteiger partial charge < -0.3 is 0 Å². The second kappa shape index (κ2) is 3.54. The molecule has 0 amide bonds. The van der Waals surface area contributed by atoms with E-state index >= 15 is 0 Å². The second-order valence-corrected chi connectivity index (χ2v) is 2.90. The SMILES string of the molecule is Fc1cc(F)cc(-c2cccnc2)c1.